The van der Waals surface area contributed by atoms with Crippen molar-refractivity contribution >= 4 is 0 Å². The second kappa shape index (κ2) is 6.76. The number of likely N-dealkylation sites (N-methyl/N-ethyl adjacent to an activating group) is 1. The molecule has 1 rings (SSSR count). The van der Waals surface area contributed by atoms with Gasteiger partial charge < -0.3 is 15.4 Å². The topological polar surface area (TPSA) is 38.5 Å². The third kappa shape index (κ3) is 3.72. The predicted molar refractivity (Wildman–Crippen MR) is 77.4 cm³/mol. The molecule has 0 heterocycles. The van der Waals surface area contributed by atoms with Gasteiger partial charge in [0.15, 0.2) is 0 Å². The molecule has 0 aliphatic carbocycles. The third-order valence-electron chi connectivity index (χ3n) is 3.32. The van der Waals surface area contributed by atoms with Crippen LogP contribution in [0, 0.1) is 13.8 Å². The Bertz CT molecular complexity index is 388. The largest absolute Gasteiger partial charge is 0.496 e. The zero-order valence-corrected chi connectivity index (χ0v) is 12.3. The fourth-order valence-electron chi connectivity index (χ4n) is 2.46. The summed E-state index contributed by atoms with van der Waals surface area (Å²) in [6, 6.07) is 4.38. The second-order valence-corrected chi connectivity index (χ2v) is 5.21. The van der Waals surface area contributed by atoms with Gasteiger partial charge in [-0.2, -0.15) is 0 Å². The quantitative estimate of drug-likeness (QED) is 0.842. The maximum atomic E-state index is 5.74. The summed E-state index contributed by atoms with van der Waals surface area (Å²) in [7, 11) is 5.93. The number of methoxy groups -OCH3 is 1. The highest BCUT2D eigenvalue weighted by Crippen LogP contribution is 2.29. The zero-order valence-electron chi connectivity index (χ0n) is 12.3. The summed E-state index contributed by atoms with van der Waals surface area (Å²) >= 11 is 0. The van der Waals surface area contributed by atoms with E-state index in [1.165, 1.54) is 16.7 Å². The molecule has 0 spiro atoms. The molecule has 18 heavy (non-hydrogen) atoms. The number of ether oxygens (including phenoxy) is 1. The molecule has 0 saturated heterocycles. The minimum atomic E-state index is 0.495. The first-order valence-electron chi connectivity index (χ1n) is 6.49. The molecule has 1 aromatic rings. The first-order valence-corrected chi connectivity index (χ1v) is 6.49. The Labute approximate surface area is 111 Å². The van der Waals surface area contributed by atoms with Crippen LogP contribution < -0.4 is 10.5 Å². The van der Waals surface area contributed by atoms with Gasteiger partial charge >= 0.3 is 0 Å². The van der Waals surface area contributed by atoms with Crippen LogP contribution in [0.5, 0.6) is 5.75 Å². The zero-order chi connectivity index (χ0) is 13.7. The molecule has 0 radical (unpaired) electrons. The van der Waals surface area contributed by atoms with E-state index in [9.17, 15) is 0 Å². The van der Waals surface area contributed by atoms with Crippen molar-refractivity contribution < 1.29 is 4.74 Å². The van der Waals surface area contributed by atoms with Crippen molar-refractivity contribution in [2.24, 2.45) is 5.73 Å². The van der Waals surface area contributed by atoms with Gasteiger partial charge in [0.05, 0.1) is 7.11 Å². The first-order chi connectivity index (χ1) is 8.49. The first kappa shape index (κ1) is 15.0. The van der Waals surface area contributed by atoms with Gasteiger partial charge in [0, 0.05) is 6.54 Å². The SMILES string of the molecule is COc1cc(C)c(C(CCN)CN(C)C)cc1C. The number of hydrogen-bond acceptors (Lipinski definition) is 3. The highest BCUT2D eigenvalue weighted by Gasteiger charge is 2.16. The van der Waals surface area contributed by atoms with Crippen LogP contribution in [0.2, 0.25) is 0 Å². The summed E-state index contributed by atoms with van der Waals surface area (Å²) in [6.07, 6.45) is 1.02. The predicted octanol–water partition coefficient (Wildman–Crippen LogP) is 2.31. The van der Waals surface area contributed by atoms with Crippen LogP contribution in [-0.2, 0) is 0 Å². The summed E-state index contributed by atoms with van der Waals surface area (Å²) in [6.45, 7) is 6.00. The van der Waals surface area contributed by atoms with E-state index in [-0.39, 0.29) is 0 Å². The average molecular weight is 250 g/mol. The van der Waals surface area contributed by atoms with Gasteiger partial charge in [0.25, 0.3) is 0 Å². The lowest BCUT2D eigenvalue weighted by atomic mass is 9.90. The maximum absolute atomic E-state index is 5.74. The maximum Gasteiger partial charge on any atom is 0.122 e. The monoisotopic (exact) mass is 250 g/mol. The second-order valence-electron chi connectivity index (χ2n) is 5.21. The molecule has 0 aliphatic rings. The molecule has 0 aromatic heterocycles. The standard InChI is InChI=1S/C15H26N2O/c1-11-9-15(18-5)12(2)8-14(11)13(6-7-16)10-17(3)4/h8-9,13H,6-7,10,16H2,1-5H3. The van der Waals surface area contributed by atoms with Gasteiger partial charge in [-0.25, -0.2) is 0 Å². The molecule has 3 heteroatoms. The minimum absolute atomic E-state index is 0.495. The lowest BCUT2D eigenvalue weighted by molar-refractivity contribution is 0.364. The van der Waals surface area contributed by atoms with Gasteiger partial charge in [-0.05, 0) is 69.6 Å². The van der Waals surface area contributed by atoms with Crippen LogP contribution in [-0.4, -0.2) is 39.2 Å². The van der Waals surface area contributed by atoms with Crippen molar-refractivity contribution in [3.05, 3.63) is 28.8 Å². The Hall–Kier alpha value is -1.06. The Balaban J connectivity index is 3.07. The van der Waals surface area contributed by atoms with Crippen LogP contribution in [0.25, 0.3) is 0 Å². The average Bonchev–Trinajstić information content (AvgIpc) is 2.30. The number of nitrogens with two attached hydrogens (primary N) is 1. The van der Waals surface area contributed by atoms with Crippen LogP contribution >= 0.6 is 0 Å². The lowest BCUT2D eigenvalue weighted by Crippen LogP contribution is -2.23. The molecular weight excluding hydrogens is 224 g/mol. The Kier molecular flexibility index (Phi) is 5.63. The molecule has 3 nitrogen and oxygen atoms in total. The normalized spacial score (nSPS) is 12.8. The van der Waals surface area contributed by atoms with Crippen molar-refractivity contribution in [1.82, 2.24) is 4.90 Å². The molecule has 102 valence electrons. The molecule has 1 atom stereocenters. The molecule has 0 fully saturated rings. The van der Waals surface area contributed by atoms with E-state index in [0.29, 0.717) is 5.92 Å². The van der Waals surface area contributed by atoms with Crippen LogP contribution in [0.4, 0.5) is 0 Å². The fraction of sp³-hybridized carbons (Fsp3) is 0.600. The number of hydrogen-bond donors (Lipinski definition) is 1. The van der Waals surface area contributed by atoms with E-state index in [2.05, 4.69) is 45.0 Å². The smallest absolute Gasteiger partial charge is 0.122 e. The van der Waals surface area contributed by atoms with Crippen molar-refractivity contribution in [3.63, 3.8) is 0 Å². The highest BCUT2D eigenvalue weighted by atomic mass is 16.5. The Morgan fingerprint density at radius 2 is 1.89 bits per heavy atom. The number of rotatable bonds is 6. The molecule has 0 amide bonds. The summed E-state index contributed by atoms with van der Waals surface area (Å²) in [5, 5.41) is 0. The van der Waals surface area contributed by atoms with Gasteiger partial charge in [-0.3, -0.25) is 0 Å². The molecule has 1 aromatic carbocycles. The van der Waals surface area contributed by atoms with Gasteiger partial charge in [0.2, 0.25) is 0 Å². The molecule has 0 bridgehead atoms. The third-order valence-corrected chi connectivity index (χ3v) is 3.32. The minimum Gasteiger partial charge on any atom is -0.496 e. The van der Waals surface area contributed by atoms with E-state index in [4.69, 9.17) is 10.5 Å². The van der Waals surface area contributed by atoms with Crippen LogP contribution in [0.1, 0.15) is 29.0 Å². The number of benzene rings is 1. The molecule has 1 unspecified atom stereocenters. The highest BCUT2D eigenvalue weighted by molar-refractivity contribution is 5.43. The summed E-state index contributed by atoms with van der Waals surface area (Å²) in [5.41, 5.74) is 9.62. The van der Waals surface area contributed by atoms with E-state index >= 15 is 0 Å². The summed E-state index contributed by atoms with van der Waals surface area (Å²) in [5.74, 6) is 1.46. The van der Waals surface area contributed by atoms with Crippen molar-refractivity contribution in [1.29, 1.82) is 0 Å². The van der Waals surface area contributed by atoms with Crippen molar-refractivity contribution in [2.75, 3.05) is 34.3 Å². The number of aryl methyl sites for hydroxylation is 2. The van der Waals surface area contributed by atoms with Crippen molar-refractivity contribution in [3.8, 4) is 5.75 Å². The van der Waals surface area contributed by atoms with E-state index in [1.807, 2.05) is 0 Å². The molecular formula is C15H26N2O. The van der Waals surface area contributed by atoms with Gasteiger partial charge in [-0.15, -0.1) is 0 Å². The van der Waals surface area contributed by atoms with E-state index in [0.717, 1.165) is 25.3 Å². The molecule has 0 aliphatic heterocycles. The van der Waals surface area contributed by atoms with Gasteiger partial charge in [0.1, 0.15) is 5.75 Å². The summed E-state index contributed by atoms with van der Waals surface area (Å²) in [4.78, 5) is 2.22. The van der Waals surface area contributed by atoms with E-state index < -0.39 is 0 Å². The Morgan fingerprint density at radius 3 is 2.39 bits per heavy atom. The summed E-state index contributed by atoms with van der Waals surface area (Å²) < 4.78 is 5.37. The Morgan fingerprint density at radius 1 is 1.22 bits per heavy atom. The fourth-order valence-corrected chi connectivity index (χ4v) is 2.46. The number of nitrogens with zero attached hydrogens (tertiary/aromatic N) is 1. The van der Waals surface area contributed by atoms with Crippen molar-refractivity contribution in [2.45, 2.75) is 26.2 Å². The molecule has 2 N–H and O–H groups in total. The lowest BCUT2D eigenvalue weighted by Gasteiger charge is -2.23. The van der Waals surface area contributed by atoms with Crippen LogP contribution in [0.3, 0.4) is 0 Å². The van der Waals surface area contributed by atoms with E-state index in [1.54, 1.807) is 7.11 Å². The molecule has 0 saturated carbocycles. The van der Waals surface area contributed by atoms with Crippen LogP contribution in [0.15, 0.2) is 12.1 Å². The van der Waals surface area contributed by atoms with Gasteiger partial charge in [-0.1, -0.05) is 6.07 Å².